The quantitative estimate of drug-likeness (QED) is 0.923. The van der Waals surface area contributed by atoms with Gasteiger partial charge in [-0.25, -0.2) is 0 Å². The van der Waals surface area contributed by atoms with E-state index in [-0.39, 0.29) is 5.91 Å². The average Bonchev–Trinajstić information content (AvgIpc) is 3.18. The predicted octanol–water partition coefficient (Wildman–Crippen LogP) is 2.98. The van der Waals surface area contributed by atoms with Crippen LogP contribution in [0, 0.1) is 5.92 Å². The van der Waals surface area contributed by atoms with Gasteiger partial charge in [0, 0.05) is 24.5 Å². The molecular formula is C16H20N2O2S. The minimum absolute atomic E-state index is 0.0425. The normalized spacial score (nSPS) is 19.5. The lowest BCUT2D eigenvalue weighted by atomic mass is 9.98. The zero-order valence-electron chi connectivity index (χ0n) is 12.0. The zero-order chi connectivity index (χ0) is 14.5. The second-order valence-electron chi connectivity index (χ2n) is 5.54. The maximum atomic E-state index is 11.9. The van der Waals surface area contributed by atoms with E-state index in [4.69, 9.17) is 4.42 Å². The van der Waals surface area contributed by atoms with E-state index in [0.29, 0.717) is 11.5 Å². The topological polar surface area (TPSA) is 45.5 Å². The van der Waals surface area contributed by atoms with Gasteiger partial charge in [-0.2, -0.15) is 0 Å². The summed E-state index contributed by atoms with van der Waals surface area (Å²) in [6, 6.07) is 5.99. The molecule has 4 nitrogen and oxygen atoms in total. The SMILES string of the molecule is O=C(NC[C@@H]1CCCN(Cc2cccs2)C1)c1ccoc1. The average molecular weight is 304 g/mol. The first-order valence-corrected chi connectivity index (χ1v) is 8.24. The zero-order valence-corrected chi connectivity index (χ0v) is 12.8. The number of thiophene rings is 1. The molecule has 0 saturated carbocycles. The molecule has 1 aliphatic rings. The molecule has 3 heterocycles. The van der Waals surface area contributed by atoms with Crippen LogP contribution in [0.1, 0.15) is 28.1 Å². The number of carbonyl (C=O) groups excluding carboxylic acids is 1. The molecule has 1 saturated heterocycles. The Kier molecular flexibility index (Phi) is 4.72. The summed E-state index contributed by atoms with van der Waals surface area (Å²) in [4.78, 5) is 15.8. The number of amides is 1. The standard InChI is InChI=1S/C16H20N2O2S/c19-16(14-5-7-20-12-14)17-9-13-3-1-6-18(10-13)11-15-4-2-8-21-15/h2,4-5,7-8,12-13H,1,3,6,9-11H2,(H,17,19)/t13-/m0/s1. The molecule has 5 heteroatoms. The molecule has 0 spiro atoms. The van der Waals surface area contributed by atoms with Crippen molar-refractivity contribution in [2.75, 3.05) is 19.6 Å². The van der Waals surface area contributed by atoms with E-state index in [1.807, 2.05) is 11.3 Å². The van der Waals surface area contributed by atoms with Crippen LogP contribution < -0.4 is 5.32 Å². The minimum Gasteiger partial charge on any atom is -0.472 e. The molecule has 0 aromatic carbocycles. The summed E-state index contributed by atoms with van der Waals surface area (Å²) in [7, 11) is 0. The molecule has 1 amide bonds. The molecule has 1 fully saturated rings. The number of nitrogens with zero attached hydrogens (tertiary/aromatic N) is 1. The third-order valence-electron chi connectivity index (χ3n) is 3.90. The summed E-state index contributed by atoms with van der Waals surface area (Å²) in [5, 5.41) is 5.14. The summed E-state index contributed by atoms with van der Waals surface area (Å²) in [6.07, 6.45) is 5.40. The molecule has 112 valence electrons. The number of rotatable bonds is 5. The van der Waals surface area contributed by atoms with Crippen molar-refractivity contribution in [2.24, 2.45) is 5.92 Å². The number of hydrogen-bond acceptors (Lipinski definition) is 4. The largest absolute Gasteiger partial charge is 0.472 e. The number of piperidine rings is 1. The van der Waals surface area contributed by atoms with Gasteiger partial charge >= 0.3 is 0 Å². The lowest BCUT2D eigenvalue weighted by molar-refractivity contribution is 0.0930. The number of nitrogens with one attached hydrogen (secondary N) is 1. The Bertz CT molecular complexity index is 551. The summed E-state index contributed by atoms with van der Waals surface area (Å²) in [6.45, 7) is 3.99. The van der Waals surface area contributed by atoms with Crippen LogP contribution >= 0.6 is 11.3 Å². The van der Waals surface area contributed by atoms with Crippen molar-refractivity contribution in [3.05, 3.63) is 46.5 Å². The Balaban J connectivity index is 1.46. The molecule has 1 N–H and O–H groups in total. The van der Waals surface area contributed by atoms with Crippen molar-refractivity contribution >= 4 is 17.2 Å². The molecule has 0 aliphatic carbocycles. The van der Waals surface area contributed by atoms with E-state index in [0.717, 1.165) is 26.2 Å². The Hall–Kier alpha value is -1.59. The molecule has 3 rings (SSSR count). The summed E-state index contributed by atoms with van der Waals surface area (Å²) < 4.78 is 4.94. The molecule has 0 unspecified atom stereocenters. The second-order valence-corrected chi connectivity index (χ2v) is 6.58. The van der Waals surface area contributed by atoms with Crippen molar-refractivity contribution in [3.63, 3.8) is 0 Å². The van der Waals surface area contributed by atoms with Crippen LogP contribution in [-0.4, -0.2) is 30.4 Å². The van der Waals surface area contributed by atoms with Crippen LogP contribution in [0.15, 0.2) is 40.5 Å². The van der Waals surface area contributed by atoms with E-state index in [2.05, 4.69) is 27.7 Å². The Morgan fingerprint density at radius 2 is 2.43 bits per heavy atom. The van der Waals surface area contributed by atoms with Gasteiger partial charge in [0.2, 0.25) is 0 Å². The van der Waals surface area contributed by atoms with E-state index in [1.165, 1.54) is 30.2 Å². The smallest absolute Gasteiger partial charge is 0.254 e. The van der Waals surface area contributed by atoms with Crippen LogP contribution in [0.25, 0.3) is 0 Å². The third kappa shape index (κ3) is 3.95. The summed E-state index contributed by atoms with van der Waals surface area (Å²) in [5.74, 6) is 0.494. The van der Waals surface area contributed by atoms with Crippen LogP contribution in [-0.2, 0) is 6.54 Å². The molecule has 1 aliphatic heterocycles. The fourth-order valence-electron chi connectivity index (χ4n) is 2.82. The van der Waals surface area contributed by atoms with Gasteiger partial charge in [-0.1, -0.05) is 6.07 Å². The molecule has 2 aromatic heterocycles. The number of carbonyl (C=O) groups is 1. The van der Waals surface area contributed by atoms with Gasteiger partial charge in [0.25, 0.3) is 5.91 Å². The van der Waals surface area contributed by atoms with Crippen LogP contribution in [0.5, 0.6) is 0 Å². The summed E-state index contributed by atoms with van der Waals surface area (Å²) in [5.41, 5.74) is 0.598. The maximum Gasteiger partial charge on any atom is 0.254 e. The summed E-state index contributed by atoms with van der Waals surface area (Å²) >= 11 is 1.81. The van der Waals surface area contributed by atoms with Gasteiger partial charge in [0.15, 0.2) is 0 Å². The highest BCUT2D eigenvalue weighted by molar-refractivity contribution is 7.09. The third-order valence-corrected chi connectivity index (χ3v) is 4.76. The van der Waals surface area contributed by atoms with Crippen molar-refractivity contribution in [1.29, 1.82) is 0 Å². The molecule has 0 bridgehead atoms. The first-order chi connectivity index (χ1) is 10.3. The van der Waals surface area contributed by atoms with Crippen LogP contribution in [0.4, 0.5) is 0 Å². The van der Waals surface area contributed by atoms with E-state index in [1.54, 1.807) is 6.07 Å². The monoisotopic (exact) mass is 304 g/mol. The maximum absolute atomic E-state index is 11.9. The minimum atomic E-state index is -0.0425. The van der Waals surface area contributed by atoms with Crippen molar-refractivity contribution < 1.29 is 9.21 Å². The highest BCUT2D eigenvalue weighted by atomic mass is 32.1. The lowest BCUT2D eigenvalue weighted by Gasteiger charge is -2.32. The Labute approximate surface area is 128 Å². The van der Waals surface area contributed by atoms with Gasteiger partial charge < -0.3 is 9.73 Å². The Morgan fingerprint density at radius 3 is 3.19 bits per heavy atom. The van der Waals surface area contributed by atoms with Crippen molar-refractivity contribution in [2.45, 2.75) is 19.4 Å². The van der Waals surface area contributed by atoms with Crippen LogP contribution in [0.3, 0.4) is 0 Å². The number of likely N-dealkylation sites (tertiary alicyclic amines) is 1. The van der Waals surface area contributed by atoms with Gasteiger partial charge in [-0.15, -0.1) is 11.3 Å². The molecule has 21 heavy (non-hydrogen) atoms. The van der Waals surface area contributed by atoms with Crippen LogP contribution in [0.2, 0.25) is 0 Å². The molecular weight excluding hydrogens is 284 g/mol. The van der Waals surface area contributed by atoms with Gasteiger partial charge in [-0.05, 0) is 42.8 Å². The van der Waals surface area contributed by atoms with E-state index < -0.39 is 0 Å². The van der Waals surface area contributed by atoms with Gasteiger partial charge in [0.1, 0.15) is 6.26 Å². The second kappa shape index (κ2) is 6.91. The number of hydrogen-bond donors (Lipinski definition) is 1. The van der Waals surface area contributed by atoms with E-state index in [9.17, 15) is 4.79 Å². The first-order valence-electron chi connectivity index (χ1n) is 7.36. The van der Waals surface area contributed by atoms with Gasteiger partial charge in [-0.3, -0.25) is 9.69 Å². The van der Waals surface area contributed by atoms with Crippen molar-refractivity contribution in [1.82, 2.24) is 10.2 Å². The Morgan fingerprint density at radius 1 is 1.48 bits per heavy atom. The first kappa shape index (κ1) is 14.4. The van der Waals surface area contributed by atoms with E-state index >= 15 is 0 Å². The predicted molar refractivity (Wildman–Crippen MR) is 83.4 cm³/mol. The highest BCUT2D eigenvalue weighted by Gasteiger charge is 2.21. The highest BCUT2D eigenvalue weighted by Crippen LogP contribution is 2.20. The fourth-order valence-corrected chi connectivity index (χ4v) is 3.56. The van der Waals surface area contributed by atoms with Gasteiger partial charge in [0.05, 0.1) is 11.8 Å². The number of furan rings is 1. The molecule has 0 radical (unpaired) electrons. The molecule has 2 aromatic rings. The fraction of sp³-hybridized carbons (Fsp3) is 0.438. The van der Waals surface area contributed by atoms with Crippen molar-refractivity contribution in [3.8, 4) is 0 Å². The lowest BCUT2D eigenvalue weighted by Crippen LogP contribution is -2.40. The molecule has 1 atom stereocenters.